The first-order chi connectivity index (χ1) is 9.63. The smallest absolute Gasteiger partial charge is 0.138 e. The predicted octanol–water partition coefficient (Wildman–Crippen LogP) is 3.76. The topological polar surface area (TPSA) is 63.8 Å². The lowest BCUT2D eigenvalue weighted by atomic mass is 10.1. The van der Waals surface area contributed by atoms with Crippen LogP contribution < -0.4 is 11.1 Å². The minimum atomic E-state index is 0.161. The summed E-state index contributed by atoms with van der Waals surface area (Å²) in [4.78, 5) is 10.9. The van der Waals surface area contributed by atoms with E-state index in [1.165, 1.54) is 10.4 Å². The van der Waals surface area contributed by atoms with Gasteiger partial charge in [0.15, 0.2) is 0 Å². The van der Waals surface area contributed by atoms with Crippen molar-refractivity contribution in [2.24, 2.45) is 0 Å². The second kappa shape index (κ2) is 5.09. The van der Waals surface area contributed by atoms with E-state index in [4.69, 9.17) is 5.73 Å². The summed E-state index contributed by atoms with van der Waals surface area (Å²) in [5.41, 5.74) is 7.67. The standard InChI is InChI=1S/C15H16N4S/c1-9-7-13-14(17-8-18-15(13)20-9)19-10(2)11-3-5-12(16)6-4-11/h3-8,10H,16H2,1-2H3,(H,17,18,19). The second-order valence-corrected chi connectivity index (χ2v) is 6.07. The fraction of sp³-hybridized carbons (Fsp3) is 0.200. The van der Waals surface area contributed by atoms with Crippen molar-refractivity contribution in [2.45, 2.75) is 19.9 Å². The van der Waals surface area contributed by atoms with Gasteiger partial charge in [-0.1, -0.05) is 12.1 Å². The lowest BCUT2D eigenvalue weighted by Gasteiger charge is -2.15. The monoisotopic (exact) mass is 284 g/mol. The molecule has 3 N–H and O–H groups in total. The largest absolute Gasteiger partial charge is 0.399 e. The Morgan fingerprint density at radius 3 is 2.70 bits per heavy atom. The molecule has 20 heavy (non-hydrogen) atoms. The maximum absolute atomic E-state index is 5.72. The molecule has 0 amide bonds. The van der Waals surface area contributed by atoms with E-state index >= 15 is 0 Å². The Labute approximate surface area is 121 Å². The number of nitrogens with two attached hydrogens (primary N) is 1. The van der Waals surface area contributed by atoms with Gasteiger partial charge in [0.05, 0.1) is 5.39 Å². The van der Waals surface area contributed by atoms with Crippen LogP contribution in [0.15, 0.2) is 36.7 Å². The maximum atomic E-state index is 5.72. The Kier molecular flexibility index (Phi) is 3.28. The fourth-order valence-electron chi connectivity index (χ4n) is 2.16. The number of nitrogen functional groups attached to an aromatic ring is 1. The number of nitrogens with one attached hydrogen (secondary N) is 1. The highest BCUT2D eigenvalue weighted by atomic mass is 32.1. The van der Waals surface area contributed by atoms with Crippen molar-refractivity contribution in [1.29, 1.82) is 0 Å². The number of hydrogen-bond acceptors (Lipinski definition) is 5. The van der Waals surface area contributed by atoms with E-state index in [0.29, 0.717) is 0 Å². The summed E-state index contributed by atoms with van der Waals surface area (Å²) in [5.74, 6) is 0.878. The van der Waals surface area contributed by atoms with Gasteiger partial charge >= 0.3 is 0 Å². The number of benzene rings is 1. The van der Waals surface area contributed by atoms with Crippen molar-refractivity contribution in [2.75, 3.05) is 11.1 Å². The highest BCUT2D eigenvalue weighted by Crippen LogP contribution is 2.29. The van der Waals surface area contributed by atoms with E-state index in [1.807, 2.05) is 24.3 Å². The van der Waals surface area contributed by atoms with Gasteiger partial charge in [-0.15, -0.1) is 11.3 Å². The Hall–Kier alpha value is -2.14. The number of nitrogens with zero attached hydrogens (tertiary/aromatic N) is 2. The molecule has 4 nitrogen and oxygen atoms in total. The Bertz CT molecular complexity index is 733. The highest BCUT2D eigenvalue weighted by molar-refractivity contribution is 7.18. The molecule has 0 radical (unpaired) electrons. The summed E-state index contributed by atoms with van der Waals surface area (Å²) in [6.07, 6.45) is 1.61. The molecule has 1 atom stereocenters. The van der Waals surface area contributed by atoms with Crippen molar-refractivity contribution < 1.29 is 0 Å². The van der Waals surface area contributed by atoms with Gasteiger partial charge in [-0.3, -0.25) is 0 Å². The molecular weight excluding hydrogens is 268 g/mol. The molecule has 1 aromatic carbocycles. The lowest BCUT2D eigenvalue weighted by molar-refractivity contribution is 0.876. The molecule has 3 rings (SSSR count). The van der Waals surface area contributed by atoms with Crippen molar-refractivity contribution in [1.82, 2.24) is 9.97 Å². The first-order valence-corrected chi connectivity index (χ1v) is 7.28. The number of fused-ring (bicyclic) bond motifs is 1. The first kappa shape index (κ1) is 12.9. The van der Waals surface area contributed by atoms with Gasteiger partial charge in [0.2, 0.25) is 0 Å². The summed E-state index contributed by atoms with van der Waals surface area (Å²) in [6, 6.07) is 10.2. The molecule has 0 aliphatic rings. The molecule has 5 heteroatoms. The van der Waals surface area contributed by atoms with Crippen LogP contribution in [0.25, 0.3) is 10.2 Å². The van der Waals surface area contributed by atoms with Crippen molar-refractivity contribution in [3.63, 3.8) is 0 Å². The van der Waals surface area contributed by atoms with E-state index in [1.54, 1.807) is 17.7 Å². The van der Waals surface area contributed by atoms with Crippen LogP contribution in [-0.4, -0.2) is 9.97 Å². The first-order valence-electron chi connectivity index (χ1n) is 6.46. The molecule has 2 aromatic heterocycles. The molecular formula is C15H16N4S. The van der Waals surface area contributed by atoms with Gasteiger partial charge in [0.25, 0.3) is 0 Å². The molecule has 0 saturated carbocycles. The molecule has 0 fully saturated rings. The minimum Gasteiger partial charge on any atom is -0.399 e. The van der Waals surface area contributed by atoms with Crippen molar-refractivity contribution >= 4 is 33.1 Å². The lowest BCUT2D eigenvalue weighted by Crippen LogP contribution is -2.08. The van der Waals surface area contributed by atoms with E-state index in [9.17, 15) is 0 Å². The zero-order valence-corrected chi connectivity index (χ0v) is 12.2. The second-order valence-electron chi connectivity index (χ2n) is 4.83. The molecule has 0 spiro atoms. The SMILES string of the molecule is Cc1cc2c(NC(C)c3ccc(N)cc3)ncnc2s1. The third kappa shape index (κ3) is 2.44. The maximum Gasteiger partial charge on any atom is 0.138 e. The fourth-order valence-corrected chi connectivity index (χ4v) is 3.01. The average molecular weight is 284 g/mol. The molecule has 0 aliphatic carbocycles. The Morgan fingerprint density at radius 2 is 1.95 bits per heavy atom. The summed E-state index contributed by atoms with van der Waals surface area (Å²) in [7, 11) is 0. The van der Waals surface area contributed by atoms with E-state index < -0.39 is 0 Å². The Balaban J connectivity index is 1.90. The molecule has 2 heterocycles. The van der Waals surface area contributed by atoms with Crippen LogP contribution in [-0.2, 0) is 0 Å². The average Bonchev–Trinajstić information content (AvgIpc) is 2.81. The molecule has 0 aliphatic heterocycles. The zero-order valence-electron chi connectivity index (χ0n) is 11.4. The molecule has 102 valence electrons. The molecule has 0 bridgehead atoms. The van der Waals surface area contributed by atoms with E-state index in [0.717, 1.165) is 21.7 Å². The third-order valence-electron chi connectivity index (χ3n) is 3.24. The van der Waals surface area contributed by atoms with Crippen LogP contribution in [0.1, 0.15) is 23.4 Å². The quantitative estimate of drug-likeness (QED) is 0.719. The minimum absolute atomic E-state index is 0.161. The van der Waals surface area contributed by atoms with Gasteiger partial charge in [-0.2, -0.15) is 0 Å². The predicted molar refractivity (Wildman–Crippen MR) is 85.0 cm³/mol. The summed E-state index contributed by atoms with van der Waals surface area (Å²) < 4.78 is 0. The third-order valence-corrected chi connectivity index (χ3v) is 4.20. The van der Waals surface area contributed by atoms with Crippen LogP contribution in [0.2, 0.25) is 0 Å². The van der Waals surface area contributed by atoms with Crippen LogP contribution in [0.3, 0.4) is 0 Å². The molecule has 3 aromatic rings. The van der Waals surface area contributed by atoms with Crippen LogP contribution in [0.5, 0.6) is 0 Å². The Morgan fingerprint density at radius 1 is 1.20 bits per heavy atom. The number of aryl methyl sites for hydroxylation is 1. The van der Waals surface area contributed by atoms with E-state index in [2.05, 4.69) is 35.2 Å². The van der Waals surface area contributed by atoms with Crippen LogP contribution >= 0.6 is 11.3 Å². The van der Waals surface area contributed by atoms with Gasteiger partial charge in [-0.05, 0) is 37.6 Å². The number of rotatable bonds is 3. The van der Waals surface area contributed by atoms with E-state index in [-0.39, 0.29) is 6.04 Å². The molecule has 1 unspecified atom stereocenters. The van der Waals surface area contributed by atoms with Crippen molar-refractivity contribution in [3.8, 4) is 0 Å². The normalized spacial score (nSPS) is 12.5. The van der Waals surface area contributed by atoms with Gasteiger partial charge < -0.3 is 11.1 Å². The summed E-state index contributed by atoms with van der Waals surface area (Å²) >= 11 is 1.68. The number of anilines is 2. The summed E-state index contributed by atoms with van der Waals surface area (Å²) in [5, 5.41) is 4.53. The highest BCUT2D eigenvalue weighted by Gasteiger charge is 2.10. The zero-order chi connectivity index (χ0) is 14.1. The van der Waals surface area contributed by atoms with Gasteiger partial charge in [0, 0.05) is 16.6 Å². The van der Waals surface area contributed by atoms with Crippen LogP contribution in [0, 0.1) is 6.92 Å². The number of thiophene rings is 1. The van der Waals surface area contributed by atoms with Gasteiger partial charge in [0.1, 0.15) is 17.0 Å². The summed E-state index contributed by atoms with van der Waals surface area (Å²) in [6.45, 7) is 4.19. The number of aromatic nitrogens is 2. The van der Waals surface area contributed by atoms with Crippen LogP contribution in [0.4, 0.5) is 11.5 Å². The number of hydrogen-bond donors (Lipinski definition) is 2. The van der Waals surface area contributed by atoms with Gasteiger partial charge in [-0.25, -0.2) is 9.97 Å². The molecule has 0 saturated heterocycles. The van der Waals surface area contributed by atoms with Crippen molar-refractivity contribution in [3.05, 3.63) is 47.1 Å².